The molecule has 3 rings (SSSR count). The Morgan fingerprint density at radius 1 is 0.854 bits per heavy atom. The molecule has 2 aliphatic carbocycles. The Balaban J connectivity index is 1.50. The van der Waals surface area contributed by atoms with Crippen LogP contribution >= 0.6 is 0 Å². The van der Waals surface area contributed by atoms with Crippen LogP contribution in [0.5, 0.6) is 0 Å². The molecule has 3 N–H and O–H groups in total. The third-order valence-corrected chi connectivity index (χ3v) is 10.6. The molecule has 1 unspecified atom stereocenters. The van der Waals surface area contributed by atoms with Crippen molar-refractivity contribution in [1.29, 1.82) is 0 Å². The van der Waals surface area contributed by atoms with E-state index in [9.17, 15) is 20.1 Å². The van der Waals surface area contributed by atoms with Crippen LogP contribution in [-0.4, -0.2) is 56.4 Å². The number of hydrogen-bond acceptors (Lipinski definition) is 6. The monoisotopic (exact) mass is 662 g/mol. The van der Waals surface area contributed by atoms with Gasteiger partial charge in [-0.2, -0.15) is 0 Å². The lowest BCUT2D eigenvalue weighted by Crippen LogP contribution is -2.48. The molecule has 266 valence electrons. The highest BCUT2D eigenvalue weighted by atomic mass is 16.6. The summed E-state index contributed by atoms with van der Waals surface area (Å²) in [5.74, 6) is -0.306. The Labute approximate surface area is 290 Å². The lowest BCUT2D eigenvalue weighted by molar-refractivity contribution is -0.152. The average molecular weight is 663 g/mol. The molecule has 6 heteroatoms. The number of epoxide rings is 1. The number of rotatable bonds is 12. The van der Waals surface area contributed by atoms with Crippen molar-refractivity contribution in [3.8, 4) is 0 Å². The van der Waals surface area contributed by atoms with Gasteiger partial charge in [-0.05, 0) is 82.8 Å². The van der Waals surface area contributed by atoms with E-state index in [1.807, 2.05) is 51.2 Å². The maximum Gasteiger partial charge on any atom is 0.302 e. The summed E-state index contributed by atoms with van der Waals surface area (Å²) >= 11 is 0. The first-order valence-corrected chi connectivity index (χ1v) is 17.5. The van der Waals surface area contributed by atoms with Crippen LogP contribution in [-0.2, 0) is 14.3 Å². The number of carbonyl (C=O) groups excluding carboxylic acids is 1. The van der Waals surface area contributed by atoms with Crippen molar-refractivity contribution in [3.05, 3.63) is 94.7 Å². The molecule has 0 radical (unpaired) electrons. The van der Waals surface area contributed by atoms with Gasteiger partial charge in [-0.3, -0.25) is 4.79 Å². The van der Waals surface area contributed by atoms with Gasteiger partial charge < -0.3 is 24.8 Å². The number of hydrogen-bond donors (Lipinski definition) is 3. The fourth-order valence-corrected chi connectivity index (χ4v) is 8.19. The Kier molecular flexibility index (Phi) is 12.7. The smallest absolute Gasteiger partial charge is 0.302 e. The molecule has 3 aliphatic rings. The third-order valence-electron chi connectivity index (χ3n) is 10.6. The summed E-state index contributed by atoms with van der Waals surface area (Å²) in [6, 6.07) is 0. The van der Waals surface area contributed by atoms with Gasteiger partial charge in [0.05, 0.1) is 23.4 Å². The molecule has 1 saturated heterocycles. The number of carbonyl (C=O) groups is 1. The summed E-state index contributed by atoms with van der Waals surface area (Å²) in [6.45, 7) is 21.9. The average Bonchev–Trinajstić information content (AvgIpc) is 3.53. The van der Waals surface area contributed by atoms with Crippen LogP contribution < -0.4 is 0 Å². The Hall–Kier alpha value is -2.77. The zero-order chi connectivity index (χ0) is 36.1. The normalized spacial score (nSPS) is 34.2. The molecule has 6 nitrogen and oxygen atoms in total. The maximum atomic E-state index is 11.5. The molecule has 2 saturated carbocycles. The predicted octanol–water partition coefficient (Wildman–Crippen LogP) is 8.72. The minimum atomic E-state index is -1.02. The molecular formula is C42H62O6. The van der Waals surface area contributed by atoms with Gasteiger partial charge in [-0.15, -0.1) is 0 Å². The van der Waals surface area contributed by atoms with Gasteiger partial charge in [0.1, 0.15) is 11.7 Å². The van der Waals surface area contributed by atoms with Crippen LogP contribution in [0.2, 0.25) is 0 Å². The molecule has 0 aromatic heterocycles. The van der Waals surface area contributed by atoms with Gasteiger partial charge in [-0.25, -0.2) is 0 Å². The molecule has 1 aliphatic heterocycles. The molecule has 0 aromatic carbocycles. The molecule has 0 amide bonds. The van der Waals surface area contributed by atoms with E-state index >= 15 is 0 Å². The predicted molar refractivity (Wildman–Crippen MR) is 196 cm³/mol. The topological polar surface area (TPSA) is 99.5 Å². The summed E-state index contributed by atoms with van der Waals surface area (Å²) in [7, 11) is 0. The second-order valence-electron chi connectivity index (χ2n) is 16.3. The van der Waals surface area contributed by atoms with Crippen molar-refractivity contribution in [2.45, 2.75) is 150 Å². The number of fused-ring (bicyclic) bond motifs is 1. The zero-order valence-corrected chi connectivity index (χ0v) is 31.4. The lowest BCUT2D eigenvalue weighted by atomic mass is 9.61. The number of aliphatic hydroxyl groups is 3. The van der Waals surface area contributed by atoms with E-state index in [0.717, 1.165) is 28.7 Å². The van der Waals surface area contributed by atoms with Crippen LogP contribution in [0, 0.1) is 10.8 Å². The molecule has 6 atom stereocenters. The largest absolute Gasteiger partial charge is 0.462 e. The second-order valence-corrected chi connectivity index (χ2v) is 16.3. The van der Waals surface area contributed by atoms with Crippen molar-refractivity contribution >= 4 is 5.97 Å². The SMILES string of the molecule is CC(=O)O[C@H]1CC(C)(C)/C(=C/C/C(C)=C/C=C/C(C)=C/C=C/C=C(C)/C=C/C=C(\C)C(O)C[C@@]23O[C@]2(C)C[C@@H](O)CC3(C)C)[C@](C)(O)C1. The van der Waals surface area contributed by atoms with Crippen molar-refractivity contribution < 1.29 is 29.6 Å². The van der Waals surface area contributed by atoms with Crippen molar-refractivity contribution in [1.82, 2.24) is 0 Å². The summed E-state index contributed by atoms with van der Waals surface area (Å²) in [4.78, 5) is 11.5. The molecule has 0 aromatic rings. The first kappa shape index (κ1) is 39.7. The first-order chi connectivity index (χ1) is 22.1. The Bertz CT molecular complexity index is 1410. The van der Waals surface area contributed by atoms with Gasteiger partial charge in [0.25, 0.3) is 0 Å². The molecule has 0 bridgehead atoms. The van der Waals surface area contributed by atoms with E-state index in [-0.39, 0.29) is 34.6 Å². The van der Waals surface area contributed by atoms with Crippen LogP contribution in [0.3, 0.4) is 0 Å². The van der Waals surface area contributed by atoms with Gasteiger partial charge in [0.15, 0.2) is 0 Å². The maximum absolute atomic E-state index is 11.5. The Morgan fingerprint density at radius 3 is 1.98 bits per heavy atom. The van der Waals surface area contributed by atoms with Crippen molar-refractivity contribution in [3.63, 3.8) is 0 Å². The van der Waals surface area contributed by atoms with Crippen LogP contribution in [0.15, 0.2) is 94.7 Å². The summed E-state index contributed by atoms with van der Waals surface area (Å²) in [6.07, 6.45) is 24.9. The van der Waals surface area contributed by atoms with Crippen LogP contribution in [0.25, 0.3) is 0 Å². The fraction of sp³-hybridized carbons (Fsp3) is 0.595. The summed E-state index contributed by atoms with van der Waals surface area (Å²) < 4.78 is 11.7. The quantitative estimate of drug-likeness (QED) is 0.0837. The molecule has 3 fully saturated rings. The fourth-order valence-electron chi connectivity index (χ4n) is 8.19. The number of allylic oxidation sites excluding steroid dienone is 14. The molecule has 1 heterocycles. The lowest BCUT2D eigenvalue weighted by Gasteiger charge is -2.46. The van der Waals surface area contributed by atoms with E-state index in [4.69, 9.17) is 9.47 Å². The van der Waals surface area contributed by atoms with Gasteiger partial charge in [0.2, 0.25) is 0 Å². The second kappa shape index (κ2) is 15.4. The molecule has 0 spiro atoms. The third kappa shape index (κ3) is 9.90. The van der Waals surface area contributed by atoms with E-state index in [0.29, 0.717) is 32.1 Å². The van der Waals surface area contributed by atoms with E-state index in [1.54, 1.807) is 0 Å². The minimum absolute atomic E-state index is 0.199. The van der Waals surface area contributed by atoms with Gasteiger partial charge >= 0.3 is 5.97 Å². The van der Waals surface area contributed by atoms with Gasteiger partial charge in [-0.1, -0.05) is 111 Å². The minimum Gasteiger partial charge on any atom is -0.462 e. The van der Waals surface area contributed by atoms with E-state index in [2.05, 4.69) is 84.9 Å². The van der Waals surface area contributed by atoms with Crippen LogP contribution in [0.1, 0.15) is 115 Å². The highest BCUT2D eigenvalue weighted by Crippen LogP contribution is 2.67. The van der Waals surface area contributed by atoms with Crippen molar-refractivity contribution in [2.75, 3.05) is 0 Å². The number of ether oxygens (including phenoxy) is 2. The summed E-state index contributed by atoms with van der Waals surface area (Å²) in [5, 5.41) is 32.5. The van der Waals surface area contributed by atoms with Crippen molar-refractivity contribution in [2.24, 2.45) is 10.8 Å². The number of esters is 1. The Morgan fingerprint density at radius 2 is 1.44 bits per heavy atom. The summed E-state index contributed by atoms with van der Waals surface area (Å²) in [5.41, 5.74) is 3.06. The van der Waals surface area contributed by atoms with Gasteiger partial charge in [0, 0.05) is 26.2 Å². The molecule has 48 heavy (non-hydrogen) atoms. The zero-order valence-electron chi connectivity index (χ0n) is 31.4. The highest BCUT2D eigenvalue weighted by molar-refractivity contribution is 5.66. The van der Waals surface area contributed by atoms with E-state index in [1.165, 1.54) is 12.5 Å². The highest BCUT2D eigenvalue weighted by Gasteiger charge is 2.75. The molecular weight excluding hydrogens is 600 g/mol. The van der Waals surface area contributed by atoms with Crippen LogP contribution in [0.4, 0.5) is 0 Å². The van der Waals surface area contributed by atoms with E-state index < -0.39 is 17.3 Å². The standard InChI is InChI=1S/C42H62O6/c1-29(18-14-19-31(3)22-23-37-38(6,7)26-35(47-33(5)43)27-40(37,10)46)16-12-13-17-30(2)20-15-21-32(4)36(45)28-42-39(8,9)24-34(44)25-41(42,11)48-42/h12-21,23,34-36,44-46H,22,24-28H2,1-11H3/b13-12+,18-14+,20-15+,29-16+,30-17+,31-19+,32-21+,37-23-/t34-,35-,36?,40+,41+,42-/m0/s1. The number of aliphatic hydroxyl groups excluding tert-OH is 2. The first-order valence-electron chi connectivity index (χ1n) is 17.5.